The number of hydrogen-bond donors (Lipinski definition) is 0. The van der Waals surface area contributed by atoms with Crippen LogP contribution in [0.25, 0.3) is 21.7 Å². The van der Waals surface area contributed by atoms with Crippen LogP contribution in [0.4, 0.5) is 0 Å². The van der Waals surface area contributed by atoms with Gasteiger partial charge < -0.3 is 4.52 Å². The molecule has 4 aromatic rings. The minimum Gasteiger partial charge on any atom is -0.334 e. The summed E-state index contributed by atoms with van der Waals surface area (Å²) in [6.45, 7) is 2.04. The fourth-order valence-corrected chi connectivity index (χ4v) is 4.00. The zero-order chi connectivity index (χ0) is 15.6. The quantitative estimate of drug-likeness (QED) is 0.407. The maximum Gasteiger partial charge on any atom is 0.257 e. The van der Waals surface area contributed by atoms with Crippen LogP contribution in [0.2, 0.25) is 0 Å². The highest BCUT2D eigenvalue weighted by molar-refractivity contribution is 7.98. The van der Waals surface area contributed by atoms with Gasteiger partial charge in [0.25, 0.3) is 5.89 Å². The van der Waals surface area contributed by atoms with Gasteiger partial charge in [-0.1, -0.05) is 34.6 Å². The molecule has 0 spiro atoms. The van der Waals surface area contributed by atoms with Gasteiger partial charge in [0.15, 0.2) is 5.82 Å². The summed E-state index contributed by atoms with van der Waals surface area (Å²) in [5, 5.41) is 7.03. The third kappa shape index (κ3) is 2.97. The molecule has 7 heteroatoms. The number of thiophene rings is 1. The molecule has 1 aromatic carbocycles. The average molecular weight is 340 g/mol. The maximum absolute atomic E-state index is 5.36. The highest BCUT2D eigenvalue weighted by Gasteiger charge is 2.11. The van der Waals surface area contributed by atoms with Gasteiger partial charge >= 0.3 is 0 Å². The van der Waals surface area contributed by atoms with Gasteiger partial charge in [-0.25, -0.2) is 9.97 Å². The van der Waals surface area contributed by atoms with Gasteiger partial charge in [0.1, 0.15) is 11.4 Å². The molecule has 0 fully saturated rings. The number of aromatic nitrogens is 4. The van der Waals surface area contributed by atoms with Crippen LogP contribution in [0.15, 0.2) is 51.6 Å². The molecule has 0 saturated carbocycles. The van der Waals surface area contributed by atoms with E-state index >= 15 is 0 Å². The largest absolute Gasteiger partial charge is 0.334 e. The smallest absolute Gasteiger partial charge is 0.257 e. The van der Waals surface area contributed by atoms with E-state index in [1.807, 2.05) is 42.6 Å². The lowest BCUT2D eigenvalue weighted by atomic mass is 10.1. The van der Waals surface area contributed by atoms with Gasteiger partial charge in [-0.2, -0.15) is 4.98 Å². The first-order valence-electron chi connectivity index (χ1n) is 7.00. The van der Waals surface area contributed by atoms with E-state index in [-0.39, 0.29) is 0 Å². The van der Waals surface area contributed by atoms with Crippen LogP contribution >= 0.6 is 23.1 Å². The third-order valence-electron chi connectivity index (χ3n) is 3.28. The Morgan fingerprint density at radius 1 is 1.22 bits per heavy atom. The van der Waals surface area contributed by atoms with Crippen molar-refractivity contribution in [3.8, 4) is 11.5 Å². The molecule has 3 heterocycles. The first-order chi connectivity index (χ1) is 11.3. The Kier molecular flexibility index (Phi) is 3.80. The van der Waals surface area contributed by atoms with Gasteiger partial charge in [-0.05, 0) is 30.5 Å². The lowest BCUT2D eigenvalue weighted by Crippen LogP contribution is -1.87. The van der Waals surface area contributed by atoms with E-state index in [2.05, 4.69) is 20.1 Å². The van der Waals surface area contributed by atoms with Crippen molar-refractivity contribution in [2.24, 2.45) is 0 Å². The van der Waals surface area contributed by atoms with Crippen molar-refractivity contribution in [3.05, 3.63) is 53.4 Å². The molecule has 0 radical (unpaired) electrons. The van der Waals surface area contributed by atoms with E-state index in [0.717, 1.165) is 26.4 Å². The van der Waals surface area contributed by atoms with E-state index in [1.165, 1.54) is 0 Å². The summed E-state index contributed by atoms with van der Waals surface area (Å²) in [4.78, 5) is 13.1. The summed E-state index contributed by atoms with van der Waals surface area (Å²) in [5.74, 6) is 1.82. The second-order valence-corrected chi connectivity index (χ2v) is 6.87. The number of aryl methyl sites for hydroxylation is 1. The Balaban J connectivity index is 1.53. The SMILES string of the molecule is Cc1cccc(-c2nc(CSc3ncnc4ccsc34)no2)c1. The average Bonchev–Trinajstić information content (AvgIpc) is 3.22. The van der Waals surface area contributed by atoms with Crippen molar-refractivity contribution in [3.63, 3.8) is 0 Å². The van der Waals surface area contributed by atoms with Crippen molar-refractivity contribution in [2.75, 3.05) is 0 Å². The minimum atomic E-state index is 0.549. The molecule has 4 rings (SSSR count). The Morgan fingerprint density at radius 3 is 3.09 bits per heavy atom. The van der Waals surface area contributed by atoms with Crippen molar-refractivity contribution in [2.45, 2.75) is 17.7 Å². The Labute approximate surface area is 140 Å². The van der Waals surface area contributed by atoms with Crippen LogP contribution in [0.5, 0.6) is 0 Å². The van der Waals surface area contributed by atoms with Gasteiger partial charge in [0, 0.05) is 5.56 Å². The molecule has 3 aromatic heterocycles. The Hall–Kier alpha value is -2.25. The van der Waals surface area contributed by atoms with E-state index in [4.69, 9.17) is 4.52 Å². The fraction of sp³-hybridized carbons (Fsp3) is 0.125. The van der Waals surface area contributed by atoms with E-state index in [1.54, 1.807) is 29.4 Å². The molecule has 0 bridgehead atoms. The zero-order valence-corrected chi connectivity index (χ0v) is 13.9. The van der Waals surface area contributed by atoms with Crippen molar-refractivity contribution in [1.29, 1.82) is 0 Å². The summed E-state index contributed by atoms with van der Waals surface area (Å²) < 4.78 is 6.46. The number of thioether (sulfide) groups is 1. The van der Waals surface area contributed by atoms with Crippen LogP contribution in [-0.2, 0) is 5.75 Å². The molecule has 0 atom stereocenters. The number of benzene rings is 1. The first kappa shape index (κ1) is 14.3. The number of rotatable bonds is 4. The number of fused-ring (bicyclic) bond motifs is 1. The standard InChI is InChI=1S/C16H12N4OS2/c1-10-3-2-4-11(7-10)15-19-13(20-21-15)8-23-16-14-12(5-6-22-14)17-9-18-16/h2-7,9H,8H2,1H3. The predicted octanol–water partition coefficient (Wildman–Crippen LogP) is 4.34. The van der Waals surface area contributed by atoms with Gasteiger partial charge in [-0.15, -0.1) is 11.3 Å². The first-order valence-corrected chi connectivity index (χ1v) is 8.87. The van der Waals surface area contributed by atoms with Crippen LogP contribution in [-0.4, -0.2) is 20.1 Å². The molecule has 0 aliphatic carbocycles. The predicted molar refractivity (Wildman–Crippen MR) is 91.4 cm³/mol. The highest BCUT2D eigenvalue weighted by Crippen LogP contribution is 2.30. The van der Waals surface area contributed by atoms with Crippen molar-refractivity contribution >= 4 is 33.3 Å². The topological polar surface area (TPSA) is 64.7 Å². The third-order valence-corrected chi connectivity index (χ3v) is 5.31. The van der Waals surface area contributed by atoms with Crippen LogP contribution in [0.3, 0.4) is 0 Å². The number of nitrogens with zero attached hydrogens (tertiary/aromatic N) is 4. The Bertz CT molecular complexity index is 963. The number of hydrogen-bond acceptors (Lipinski definition) is 7. The summed E-state index contributed by atoms with van der Waals surface area (Å²) >= 11 is 3.24. The summed E-state index contributed by atoms with van der Waals surface area (Å²) in [6.07, 6.45) is 1.59. The fourth-order valence-electron chi connectivity index (χ4n) is 2.21. The molecule has 0 aliphatic heterocycles. The monoisotopic (exact) mass is 340 g/mol. The van der Waals surface area contributed by atoms with E-state index < -0.39 is 0 Å². The summed E-state index contributed by atoms with van der Waals surface area (Å²) in [7, 11) is 0. The van der Waals surface area contributed by atoms with Crippen LogP contribution < -0.4 is 0 Å². The molecule has 114 valence electrons. The molecular weight excluding hydrogens is 328 g/mol. The molecule has 23 heavy (non-hydrogen) atoms. The molecule has 0 amide bonds. The second kappa shape index (κ2) is 6.10. The normalized spacial score (nSPS) is 11.2. The summed E-state index contributed by atoms with van der Waals surface area (Å²) in [5.41, 5.74) is 3.08. The zero-order valence-electron chi connectivity index (χ0n) is 12.3. The minimum absolute atomic E-state index is 0.549. The molecule has 0 aliphatic rings. The highest BCUT2D eigenvalue weighted by atomic mass is 32.2. The van der Waals surface area contributed by atoms with Gasteiger partial charge in [0.05, 0.1) is 16.0 Å². The van der Waals surface area contributed by atoms with E-state index in [0.29, 0.717) is 17.5 Å². The van der Waals surface area contributed by atoms with Crippen LogP contribution in [0, 0.1) is 6.92 Å². The lowest BCUT2D eigenvalue weighted by molar-refractivity contribution is 0.425. The van der Waals surface area contributed by atoms with Gasteiger partial charge in [0.2, 0.25) is 0 Å². The molecular formula is C16H12N4OS2. The maximum atomic E-state index is 5.36. The van der Waals surface area contributed by atoms with Crippen molar-refractivity contribution < 1.29 is 4.52 Å². The molecule has 0 N–H and O–H groups in total. The summed E-state index contributed by atoms with van der Waals surface area (Å²) in [6, 6.07) is 10.0. The second-order valence-electron chi connectivity index (χ2n) is 4.99. The molecule has 0 unspecified atom stereocenters. The van der Waals surface area contributed by atoms with Gasteiger partial charge in [-0.3, -0.25) is 0 Å². The molecule has 5 nitrogen and oxygen atoms in total. The van der Waals surface area contributed by atoms with Crippen LogP contribution in [0.1, 0.15) is 11.4 Å². The lowest BCUT2D eigenvalue weighted by Gasteiger charge is -1.98. The molecule has 0 saturated heterocycles. The van der Waals surface area contributed by atoms with Crippen molar-refractivity contribution in [1.82, 2.24) is 20.1 Å². The Morgan fingerprint density at radius 2 is 2.17 bits per heavy atom. The van der Waals surface area contributed by atoms with E-state index in [9.17, 15) is 0 Å².